The summed E-state index contributed by atoms with van der Waals surface area (Å²) in [6.45, 7) is 0.612. The lowest BCUT2D eigenvalue weighted by atomic mass is 9.90. The van der Waals surface area contributed by atoms with Crippen molar-refractivity contribution in [2.24, 2.45) is 5.73 Å². The molecule has 2 atom stereocenters. The maximum absolute atomic E-state index is 13.7. The number of hydrogen-bond donors (Lipinski definition) is 1. The van der Waals surface area contributed by atoms with Crippen molar-refractivity contribution in [2.75, 3.05) is 6.61 Å². The molecule has 2 nitrogen and oxygen atoms in total. The van der Waals surface area contributed by atoms with Crippen LogP contribution in [0.4, 0.5) is 8.78 Å². The van der Waals surface area contributed by atoms with E-state index in [4.69, 9.17) is 10.5 Å². The molecule has 1 aliphatic heterocycles. The highest BCUT2D eigenvalue weighted by Gasteiger charge is 2.27. The Bertz CT molecular complexity index is 644. The molecule has 3 rings (SSSR count). The Morgan fingerprint density at radius 1 is 1.19 bits per heavy atom. The minimum atomic E-state index is -0.580. The van der Waals surface area contributed by atoms with E-state index >= 15 is 0 Å². The number of rotatable bonds is 3. The van der Waals surface area contributed by atoms with Crippen molar-refractivity contribution in [2.45, 2.75) is 25.0 Å². The van der Waals surface area contributed by atoms with Crippen molar-refractivity contribution in [3.8, 4) is 0 Å². The zero-order valence-corrected chi connectivity index (χ0v) is 11.6. The molecule has 4 heteroatoms. The van der Waals surface area contributed by atoms with Gasteiger partial charge >= 0.3 is 0 Å². The molecule has 2 aromatic carbocycles. The molecule has 0 saturated heterocycles. The van der Waals surface area contributed by atoms with E-state index in [9.17, 15) is 8.78 Å². The van der Waals surface area contributed by atoms with E-state index in [1.54, 1.807) is 0 Å². The monoisotopic (exact) mass is 289 g/mol. The van der Waals surface area contributed by atoms with E-state index < -0.39 is 11.6 Å². The quantitative estimate of drug-likeness (QED) is 0.942. The topological polar surface area (TPSA) is 35.2 Å². The van der Waals surface area contributed by atoms with Crippen LogP contribution >= 0.6 is 0 Å². The first kappa shape index (κ1) is 14.2. The molecule has 0 fully saturated rings. The van der Waals surface area contributed by atoms with Gasteiger partial charge in [0.05, 0.1) is 12.7 Å². The highest BCUT2D eigenvalue weighted by atomic mass is 19.1. The van der Waals surface area contributed by atoms with Gasteiger partial charge in [0.25, 0.3) is 0 Å². The fourth-order valence-corrected chi connectivity index (χ4v) is 2.83. The summed E-state index contributed by atoms with van der Waals surface area (Å²) in [7, 11) is 0. The van der Waals surface area contributed by atoms with Crippen LogP contribution in [0.25, 0.3) is 0 Å². The molecule has 110 valence electrons. The van der Waals surface area contributed by atoms with Crippen LogP contribution in [0.1, 0.15) is 22.8 Å². The minimum Gasteiger partial charge on any atom is -0.372 e. The molecule has 0 amide bonds. The van der Waals surface area contributed by atoms with Crippen LogP contribution < -0.4 is 5.73 Å². The summed E-state index contributed by atoms with van der Waals surface area (Å²) in [6.07, 6.45) is 0.925. The largest absolute Gasteiger partial charge is 0.372 e. The van der Waals surface area contributed by atoms with E-state index in [1.807, 2.05) is 18.2 Å². The van der Waals surface area contributed by atoms with Gasteiger partial charge in [-0.1, -0.05) is 30.3 Å². The van der Waals surface area contributed by atoms with Crippen molar-refractivity contribution < 1.29 is 13.5 Å². The molecule has 1 heterocycles. The van der Waals surface area contributed by atoms with Crippen molar-refractivity contribution >= 4 is 0 Å². The summed E-state index contributed by atoms with van der Waals surface area (Å²) in [5, 5.41) is 0. The summed E-state index contributed by atoms with van der Waals surface area (Å²) >= 11 is 0. The summed E-state index contributed by atoms with van der Waals surface area (Å²) in [6, 6.07) is 11.2. The standard InChI is InChI=1S/C17H17F2NO/c18-13-6-5-12(15(19)10-13)9-16(20)17-14-4-2-1-3-11(14)7-8-21-17/h1-6,10,16-17H,7-9,20H2. The molecule has 2 unspecified atom stereocenters. The number of nitrogens with two attached hydrogens (primary N) is 1. The fraction of sp³-hybridized carbons (Fsp3) is 0.294. The number of fused-ring (bicyclic) bond motifs is 1. The number of halogens is 2. The third kappa shape index (κ3) is 2.96. The van der Waals surface area contributed by atoms with Gasteiger partial charge in [-0.25, -0.2) is 8.78 Å². The van der Waals surface area contributed by atoms with Gasteiger partial charge in [-0.3, -0.25) is 0 Å². The smallest absolute Gasteiger partial charge is 0.129 e. The Morgan fingerprint density at radius 3 is 2.81 bits per heavy atom. The second-order valence-corrected chi connectivity index (χ2v) is 5.34. The van der Waals surface area contributed by atoms with Gasteiger partial charge in [-0.2, -0.15) is 0 Å². The zero-order valence-electron chi connectivity index (χ0n) is 11.6. The maximum Gasteiger partial charge on any atom is 0.129 e. The molecule has 1 aliphatic rings. The van der Waals surface area contributed by atoms with Crippen LogP contribution in [-0.2, 0) is 17.6 Å². The van der Waals surface area contributed by atoms with Gasteiger partial charge in [0.2, 0.25) is 0 Å². The van der Waals surface area contributed by atoms with Gasteiger partial charge in [0, 0.05) is 12.1 Å². The third-order valence-corrected chi connectivity index (χ3v) is 3.89. The summed E-state index contributed by atoms with van der Waals surface area (Å²) in [4.78, 5) is 0. The Morgan fingerprint density at radius 2 is 2.00 bits per heavy atom. The van der Waals surface area contributed by atoms with Crippen LogP contribution in [0.15, 0.2) is 42.5 Å². The molecule has 0 bridgehead atoms. The molecule has 0 aromatic heterocycles. The molecular formula is C17H17F2NO. The first-order valence-corrected chi connectivity index (χ1v) is 7.04. The Kier molecular flexibility index (Phi) is 3.99. The maximum atomic E-state index is 13.7. The van der Waals surface area contributed by atoms with Crippen molar-refractivity contribution in [1.82, 2.24) is 0 Å². The molecule has 21 heavy (non-hydrogen) atoms. The van der Waals surface area contributed by atoms with E-state index in [2.05, 4.69) is 6.07 Å². The molecule has 0 radical (unpaired) electrons. The second kappa shape index (κ2) is 5.92. The summed E-state index contributed by atoms with van der Waals surface area (Å²) in [5.41, 5.74) is 8.92. The predicted molar refractivity (Wildman–Crippen MR) is 76.9 cm³/mol. The Hall–Kier alpha value is -1.78. The van der Waals surface area contributed by atoms with Gasteiger partial charge in [0.1, 0.15) is 11.6 Å². The second-order valence-electron chi connectivity index (χ2n) is 5.34. The van der Waals surface area contributed by atoms with Gasteiger partial charge in [0.15, 0.2) is 0 Å². The van der Waals surface area contributed by atoms with E-state index in [-0.39, 0.29) is 12.1 Å². The van der Waals surface area contributed by atoms with Crippen LogP contribution in [0.3, 0.4) is 0 Å². The minimum absolute atomic E-state index is 0.251. The number of benzene rings is 2. The molecule has 0 aliphatic carbocycles. The van der Waals surface area contributed by atoms with Crippen LogP contribution in [-0.4, -0.2) is 12.6 Å². The van der Waals surface area contributed by atoms with Crippen LogP contribution in [0.5, 0.6) is 0 Å². The molecule has 2 aromatic rings. The molecule has 2 N–H and O–H groups in total. The van der Waals surface area contributed by atoms with Gasteiger partial charge in [-0.15, -0.1) is 0 Å². The summed E-state index contributed by atoms with van der Waals surface area (Å²) in [5.74, 6) is -1.14. The lowest BCUT2D eigenvalue weighted by molar-refractivity contribution is 0.0245. The lowest BCUT2D eigenvalue weighted by Gasteiger charge is -2.30. The first-order valence-electron chi connectivity index (χ1n) is 7.04. The molecular weight excluding hydrogens is 272 g/mol. The number of hydrogen-bond acceptors (Lipinski definition) is 2. The van der Waals surface area contributed by atoms with Crippen molar-refractivity contribution in [1.29, 1.82) is 0 Å². The van der Waals surface area contributed by atoms with E-state index in [0.29, 0.717) is 18.6 Å². The van der Waals surface area contributed by atoms with Crippen molar-refractivity contribution in [3.05, 3.63) is 70.8 Å². The normalized spacial score (nSPS) is 19.1. The van der Waals surface area contributed by atoms with Gasteiger partial charge < -0.3 is 10.5 Å². The van der Waals surface area contributed by atoms with Crippen LogP contribution in [0.2, 0.25) is 0 Å². The zero-order chi connectivity index (χ0) is 14.8. The SMILES string of the molecule is NC(Cc1ccc(F)cc1F)C1OCCc2ccccc21. The lowest BCUT2D eigenvalue weighted by Crippen LogP contribution is -2.35. The van der Waals surface area contributed by atoms with Crippen LogP contribution in [0, 0.1) is 11.6 Å². The average molecular weight is 289 g/mol. The highest BCUT2D eigenvalue weighted by molar-refractivity contribution is 5.32. The number of ether oxygens (including phenoxy) is 1. The van der Waals surface area contributed by atoms with E-state index in [1.165, 1.54) is 17.7 Å². The van der Waals surface area contributed by atoms with Gasteiger partial charge in [-0.05, 0) is 35.6 Å². The third-order valence-electron chi connectivity index (χ3n) is 3.89. The Labute approximate surface area is 122 Å². The fourth-order valence-electron chi connectivity index (χ4n) is 2.83. The predicted octanol–water partition coefficient (Wildman–Crippen LogP) is 3.15. The first-order chi connectivity index (χ1) is 10.1. The molecule has 0 saturated carbocycles. The molecule has 0 spiro atoms. The van der Waals surface area contributed by atoms with Crippen molar-refractivity contribution in [3.63, 3.8) is 0 Å². The average Bonchev–Trinajstić information content (AvgIpc) is 2.49. The summed E-state index contributed by atoms with van der Waals surface area (Å²) < 4.78 is 32.5. The van der Waals surface area contributed by atoms with E-state index in [0.717, 1.165) is 18.1 Å². The Balaban J connectivity index is 1.81. The highest BCUT2D eigenvalue weighted by Crippen LogP contribution is 2.30.